The lowest BCUT2D eigenvalue weighted by Crippen LogP contribution is -2.24. The molecule has 88 valence electrons. The second kappa shape index (κ2) is 6.02. The molecule has 1 aromatic rings. The Morgan fingerprint density at radius 2 is 2.12 bits per heavy atom. The largest absolute Gasteiger partial charge is 0.447 e. The zero-order valence-corrected chi connectivity index (χ0v) is 8.37. The second-order valence-corrected chi connectivity index (χ2v) is 2.96. The van der Waals surface area contributed by atoms with Crippen LogP contribution in [0.25, 0.3) is 0 Å². The molecular weight excluding hydrogens is 220 g/mol. The summed E-state index contributed by atoms with van der Waals surface area (Å²) in [6.45, 7) is -0.344. The minimum absolute atomic E-state index is 0.0292. The van der Waals surface area contributed by atoms with Crippen molar-refractivity contribution in [1.82, 2.24) is 5.32 Å². The van der Waals surface area contributed by atoms with E-state index >= 15 is 0 Å². The van der Waals surface area contributed by atoms with Crippen LogP contribution in [0.3, 0.4) is 0 Å². The third-order valence-corrected chi connectivity index (χ3v) is 1.75. The summed E-state index contributed by atoms with van der Waals surface area (Å²) >= 11 is 0. The van der Waals surface area contributed by atoms with Crippen LogP contribution in [0.15, 0.2) is 18.2 Å². The van der Waals surface area contributed by atoms with Crippen LogP contribution in [0, 0.1) is 11.6 Å². The van der Waals surface area contributed by atoms with Gasteiger partial charge in [0.15, 0.2) is 11.6 Å². The van der Waals surface area contributed by atoms with Crippen LogP contribution < -0.4 is 5.32 Å². The molecule has 0 unspecified atom stereocenters. The van der Waals surface area contributed by atoms with Crippen molar-refractivity contribution < 1.29 is 23.4 Å². The Labute approximate surface area is 90.8 Å². The van der Waals surface area contributed by atoms with Gasteiger partial charge in [0.25, 0.3) is 0 Å². The molecule has 0 spiro atoms. The molecule has 0 aromatic heterocycles. The van der Waals surface area contributed by atoms with Crippen molar-refractivity contribution in [2.75, 3.05) is 13.2 Å². The fourth-order valence-corrected chi connectivity index (χ4v) is 1.01. The van der Waals surface area contributed by atoms with Crippen LogP contribution in [0.2, 0.25) is 0 Å². The molecule has 0 radical (unpaired) electrons. The Morgan fingerprint density at radius 3 is 2.75 bits per heavy atom. The van der Waals surface area contributed by atoms with Gasteiger partial charge in [0.2, 0.25) is 0 Å². The maximum Gasteiger partial charge on any atom is 0.407 e. The van der Waals surface area contributed by atoms with Gasteiger partial charge >= 0.3 is 6.09 Å². The van der Waals surface area contributed by atoms with Crippen molar-refractivity contribution in [3.63, 3.8) is 0 Å². The van der Waals surface area contributed by atoms with E-state index in [9.17, 15) is 13.6 Å². The van der Waals surface area contributed by atoms with Crippen LogP contribution >= 0.6 is 0 Å². The van der Waals surface area contributed by atoms with Crippen LogP contribution in [-0.4, -0.2) is 24.4 Å². The highest BCUT2D eigenvalue weighted by Gasteiger charge is 2.04. The van der Waals surface area contributed by atoms with Crippen molar-refractivity contribution in [3.05, 3.63) is 35.4 Å². The predicted octanol–water partition coefficient (Wildman–Crippen LogP) is 1.18. The number of benzene rings is 1. The lowest BCUT2D eigenvalue weighted by atomic mass is 10.2. The van der Waals surface area contributed by atoms with Crippen LogP contribution in [0.4, 0.5) is 13.6 Å². The minimum Gasteiger partial charge on any atom is -0.447 e. The summed E-state index contributed by atoms with van der Waals surface area (Å²) in [6, 6.07) is 3.32. The fourth-order valence-electron chi connectivity index (χ4n) is 1.01. The van der Waals surface area contributed by atoms with Gasteiger partial charge in [0.05, 0.1) is 6.61 Å². The summed E-state index contributed by atoms with van der Waals surface area (Å²) in [4.78, 5) is 10.9. The Morgan fingerprint density at radius 1 is 1.38 bits per heavy atom. The summed E-state index contributed by atoms with van der Waals surface area (Å²) in [5.74, 6) is -1.91. The van der Waals surface area contributed by atoms with Crippen molar-refractivity contribution in [2.24, 2.45) is 0 Å². The SMILES string of the molecule is O=C(NCc1ccc(F)c(F)c1)OCCO. The molecule has 0 fully saturated rings. The molecule has 6 heteroatoms. The van der Waals surface area contributed by atoms with Gasteiger partial charge in [-0.2, -0.15) is 0 Å². The summed E-state index contributed by atoms with van der Waals surface area (Å²) in [7, 11) is 0. The highest BCUT2D eigenvalue weighted by molar-refractivity contribution is 5.67. The quantitative estimate of drug-likeness (QED) is 0.818. The Balaban J connectivity index is 2.42. The molecule has 4 nitrogen and oxygen atoms in total. The smallest absolute Gasteiger partial charge is 0.407 e. The lowest BCUT2D eigenvalue weighted by molar-refractivity contribution is 0.119. The van der Waals surface area contributed by atoms with E-state index in [-0.39, 0.29) is 19.8 Å². The van der Waals surface area contributed by atoms with E-state index in [1.165, 1.54) is 6.07 Å². The number of aliphatic hydroxyl groups excluding tert-OH is 1. The Kier molecular flexibility index (Phi) is 4.65. The van der Waals surface area contributed by atoms with E-state index < -0.39 is 17.7 Å². The number of hydrogen-bond acceptors (Lipinski definition) is 3. The number of hydrogen-bond donors (Lipinski definition) is 2. The fraction of sp³-hybridized carbons (Fsp3) is 0.300. The molecule has 0 saturated heterocycles. The highest BCUT2D eigenvalue weighted by Crippen LogP contribution is 2.08. The number of carbonyl (C=O) groups is 1. The van der Waals surface area contributed by atoms with E-state index in [0.29, 0.717) is 5.56 Å². The van der Waals surface area contributed by atoms with Crippen LogP contribution in [-0.2, 0) is 11.3 Å². The van der Waals surface area contributed by atoms with Crippen molar-refractivity contribution >= 4 is 6.09 Å². The van der Waals surface area contributed by atoms with E-state index in [4.69, 9.17) is 5.11 Å². The van der Waals surface area contributed by atoms with E-state index in [0.717, 1.165) is 12.1 Å². The van der Waals surface area contributed by atoms with Gasteiger partial charge in [-0.3, -0.25) is 0 Å². The maximum atomic E-state index is 12.8. The average Bonchev–Trinajstić information content (AvgIpc) is 2.28. The molecule has 0 aliphatic carbocycles. The summed E-state index contributed by atoms with van der Waals surface area (Å²) in [6.07, 6.45) is -0.723. The number of halogens is 2. The first kappa shape index (κ1) is 12.4. The van der Waals surface area contributed by atoms with Crippen LogP contribution in [0.5, 0.6) is 0 Å². The lowest BCUT2D eigenvalue weighted by Gasteiger charge is -2.06. The first-order chi connectivity index (χ1) is 7.63. The van der Waals surface area contributed by atoms with Gasteiger partial charge in [-0.05, 0) is 17.7 Å². The second-order valence-electron chi connectivity index (χ2n) is 2.96. The minimum atomic E-state index is -0.969. The number of ether oxygens (including phenoxy) is 1. The highest BCUT2D eigenvalue weighted by atomic mass is 19.2. The third kappa shape index (κ3) is 3.82. The van der Waals surface area contributed by atoms with Crippen molar-refractivity contribution in [1.29, 1.82) is 0 Å². The van der Waals surface area contributed by atoms with Gasteiger partial charge in [0, 0.05) is 6.54 Å². The van der Waals surface area contributed by atoms with E-state index in [2.05, 4.69) is 10.1 Å². The van der Waals surface area contributed by atoms with Crippen LogP contribution in [0.1, 0.15) is 5.56 Å². The number of carbonyl (C=O) groups excluding carboxylic acids is 1. The molecule has 0 atom stereocenters. The van der Waals surface area contributed by atoms with Crippen molar-refractivity contribution in [2.45, 2.75) is 6.54 Å². The number of rotatable bonds is 4. The molecule has 1 rings (SSSR count). The first-order valence-corrected chi connectivity index (χ1v) is 4.59. The molecule has 2 N–H and O–H groups in total. The zero-order chi connectivity index (χ0) is 12.0. The van der Waals surface area contributed by atoms with E-state index in [1.54, 1.807) is 0 Å². The number of aliphatic hydroxyl groups is 1. The topological polar surface area (TPSA) is 58.6 Å². The summed E-state index contributed by atoms with van der Waals surface area (Å²) < 4.78 is 29.8. The normalized spacial score (nSPS) is 9.94. The zero-order valence-electron chi connectivity index (χ0n) is 8.37. The predicted molar refractivity (Wildman–Crippen MR) is 51.6 cm³/mol. The molecule has 0 aliphatic rings. The molecule has 1 aromatic carbocycles. The molecule has 1 amide bonds. The molecule has 0 bridgehead atoms. The number of alkyl carbamates (subject to hydrolysis) is 1. The third-order valence-electron chi connectivity index (χ3n) is 1.75. The van der Waals surface area contributed by atoms with Gasteiger partial charge in [-0.15, -0.1) is 0 Å². The van der Waals surface area contributed by atoms with Crippen molar-refractivity contribution in [3.8, 4) is 0 Å². The van der Waals surface area contributed by atoms with Gasteiger partial charge in [-0.25, -0.2) is 13.6 Å². The monoisotopic (exact) mass is 231 g/mol. The molecule has 0 heterocycles. The van der Waals surface area contributed by atoms with Gasteiger partial charge < -0.3 is 15.2 Å². The molecule has 0 saturated carbocycles. The Hall–Kier alpha value is -1.69. The van der Waals surface area contributed by atoms with Gasteiger partial charge in [-0.1, -0.05) is 6.07 Å². The average molecular weight is 231 g/mol. The van der Waals surface area contributed by atoms with Gasteiger partial charge in [0.1, 0.15) is 6.61 Å². The van der Waals surface area contributed by atoms with E-state index in [1.807, 2.05) is 0 Å². The summed E-state index contributed by atoms with van der Waals surface area (Å²) in [5.41, 5.74) is 0.417. The standard InChI is InChI=1S/C10H11F2NO3/c11-8-2-1-7(5-9(8)12)6-13-10(15)16-4-3-14/h1-2,5,14H,3-4,6H2,(H,13,15). The summed E-state index contributed by atoms with van der Waals surface area (Å²) in [5, 5.41) is 10.7. The number of amides is 1. The Bertz CT molecular complexity index is 371. The first-order valence-electron chi connectivity index (χ1n) is 4.59. The molecular formula is C10H11F2NO3. The maximum absolute atomic E-state index is 12.8. The number of nitrogens with one attached hydrogen (secondary N) is 1. The molecule has 0 aliphatic heterocycles. The molecule has 16 heavy (non-hydrogen) atoms.